The van der Waals surface area contributed by atoms with Crippen LogP contribution in [0.3, 0.4) is 0 Å². The molecule has 0 saturated carbocycles. The minimum Gasteiger partial charge on any atom is -0.469 e. The van der Waals surface area contributed by atoms with Gasteiger partial charge in [0.05, 0.1) is 13.0 Å². The van der Waals surface area contributed by atoms with E-state index in [9.17, 15) is 4.79 Å². The molecule has 1 aromatic carbocycles. The number of rotatable bonds is 3. The van der Waals surface area contributed by atoms with Gasteiger partial charge < -0.3 is 4.74 Å². The number of benzene rings is 1. The van der Waals surface area contributed by atoms with Crippen LogP contribution in [0.2, 0.25) is 0 Å². The molecular formula is C12H16O2. The number of methoxy groups -OCH3 is 1. The molecule has 0 aliphatic rings. The van der Waals surface area contributed by atoms with Crippen molar-refractivity contribution >= 4 is 5.97 Å². The zero-order valence-electron chi connectivity index (χ0n) is 8.91. The van der Waals surface area contributed by atoms with Crippen molar-refractivity contribution in [3.8, 4) is 0 Å². The maximum atomic E-state index is 11.3. The summed E-state index contributed by atoms with van der Waals surface area (Å²) in [4.78, 5) is 11.3. The van der Waals surface area contributed by atoms with Gasteiger partial charge >= 0.3 is 5.97 Å². The molecule has 0 heterocycles. The van der Waals surface area contributed by atoms with E-state index in [0.29, 0.717) is 0 Å². The van der Waals surface area contributed by atoms with Gasteiger partial charge in [-0.3, -0.25) is 4.79 Å². The highest BCUT2D eigenvalue weighted by molar-refractivity contribution is 5.77. The van der Waals surface area contributed by atoms with Crippen molar-refractivity contribution in [2.45, 2.75) is 26.2 Å². The van der Waals surface area contributed by atoms with Crippen LogP contribution in [0, 0.1) is 0 Å². The van der Waals surface area contributed by atoms with Crippen LogP contribution in [-0.4, -0.2) is 13.1 Å². The number of carbonyl (C=O) groups excluding carboxylic acids is 1. The first-order valence-electron chi connectivity index (χ1n) is 4.85. The minimum absolute atomic E-state index is 0.175. The van der Waals surface area contributed by atoms with Crippen LogP contribution in [0.15, 0.2) is 24.3 Å². The third-order valence-corrected chi connectivity index (χ3v) is 2.41. The van der Waals surface area contributed by atoms with E-state index in [-0.39, 0.29) is 11.9 Å². The first-order valence-corrected chi connectivity index (χ1v) is 4.85. The summed E-state index contributed by atoms with van der Waals surface area (Å²) in [6.45, 7) is 3.96. The molecule has 0 spiro atoms. The normalized spacial score (nSPS) is 12.2. The molecule has 0 bridgehead atoms. The summed E-state index contributed by atoms with van der Waals surface area (Å²) >= 11 is 0. The fraction of sp³-hybridized carbons (Fsp3) is 0.417. The molecule has 0 radical (unpaired) electrons. The Balaban J connectivity index is 2.89. The van der Waals surface area contributed by atoms with E-state index in [1.807, 2.05) is 19.1 Å². The van der Waals surface area contributed by atoms with E-state index < -0.39 is 0 Å². The van der Waals surface area contributed by atoms with E-state index in [2.05, 4.69) is 19.1 Å². The van der Waals surface area contributed by atoms with Crippen molar-refractivity contribution < 1.29 is 9.53 Å². The molecule has 1 unspecified atom stereocenters. The lowest BCUT2D eigenvalue weighted by Crippen LogP contribution is -2.10. The lowest BCUT2D eigenvalue weighted by molar-refractivity contribution is -0.141. The molecular weight excluding hydrogens is 176 g/mol. The third kappa shape index (κ3) is 2.34. The second-order valence-corrected chi connectivity index (χ2v) is 3.34. The summed E-state index contributed by atoms with van der Waals surface area (Å²) in [5, 5.41) is 0. The van der Waals surface area contributed by atoms with E-state index in [4.69, 9.17) is 4.74 Å². The van der Waals surface area contributed by atoms with Gasteiger partial charge in [0.25, 0.3) is 0 Å². The molecule has 1 atom stereocenters. The highest BCUT2D eigenvalue weighted by atomic mass is 16.5. The zero-order chi connectivity index (χ0) is 10.6. The SMILES string of the molecule is CCc1cccc(C(C)C(=O)OC)c1. The van der Waals surface area contributed by atoms with E-state index in [1.54, 1.807) is 0 Å². The Bertz CT molecular complexity index is 318. The maximum absolute atomic E-state index is 11.3. The van der Waals surface area contributed by atoms with Crippen LogP contribution in [-0.2, 0) is 16.0 Å². The van der Waals surface area contributed by atoms with E-state index in [1.165, 1.54) is 12.7 Å². The minimum atomic E-state index is -0.182. The van der Waals surface area contributed by atoms with Gasteiger partial charge in [0.15, 0.2) is 0 Å². The lowest BCUT2D eigenvalue weighted by atomic mass is 9.98. The van der Waals surface area contributed by atoms with Gasteiger partial charge in [-0.15, -0.1) is 0 Å². The van der Waals surface area contributed by atoms with Crippen LogP contribution in [0.25, 0.3) is 0 Å². The average molecular weight is 192 g/mol. The standard InChI is InChI=1S/C12H16O2/c1-4-10-6-5-7-11(8-10)9(2)12(13)14-3/h5-9H,4H2,1-3H3. The molecule has 0 amide bonds. The van der Waals surface area contributed by atoms with Crippen LogP contribution in [0.4, 0.5) is 0 Å². The predicted octanol–water partition coefficient (Wildman–Crippen LogP) is 2.53. The summed E-state index contributed by atoms with van der Waals surface area (Å²) in [6.07, 6.45) is 0.988. The Morgan fingerprint density at radius 2 is 2.21 bits per heavy atom. The largest absolute Gasteiger partial charge is 0.469 e. The van der Waals surface area contributed by atoms with Gasteiger partial charge in [-0.05, 0) is 24.5 Å². The number of hydrogen-bond donors (Lipinski definition) is 0. The van der Waals surface area contributed by atoms with E-state index >= 15 is 0 Å². The van der Waals surface area contributed by atoms with Crippen molar-refractivity contribution in [2.75, 3.05) is 7.11 Å². The Morgan fingerprint density at radius 1 is 1.50 bits per heavy atom. The van der Waals surface area contributed by atoms with Crippen molar-refractivity contribution in [3.63, 3.8) is 0 Å². The summed E-state index contributed by atoms with van der Waals surface area (Å²) in [5.41, 5.74) is 2.27. The second kappa shape index (κ2) is 4.80. The van der Waals surface area contributed by atoms with Crippen molar-refractivity contribution in [1.82, 2.24) is 0 Å². The lowest BCUT2D eigenvalue weighted by Gasteiger charge is -2.10. The van der Waals surface area contributed by atoms with Gasteiger partial charge in [-0.1, -0.05) is 31.2 Å². The van der Waals surface area contributed by atoms with Crippen molar-refractivity contribution in [3.05, 3.63) is 35.4 Å². The van der Waals surface area contributed by atoms with Crippen LogP contribution in [0.5, 0.6) is 0 Å². The van der Waals surface area contributed by atoms with Crippen LogP contribution < -0.4 is 0 Å². The van der Waals surface area contributed by atoms with Gasteiger partial charge in [0, 0.05) is 0 Å². The summed E-state index contributed by atoms with van der Waals surface area (Å²) in [6, 6.07) is 8.06. The topological polar surface area (TPSA) is 26.3 Å². The van der Waals surface area contributed by atoms with Crippen molar-refractivity contribution in [2.24, 2.45) is 0 Å². The Hall–Kier alpha value is -1.31. The molecule has 14 heavy (non-hydrogen) atoms. The van der Waals surface area contributed by atoms with Crippen LogP contribution >= 0.6 is 0 Å². The molecule has 0 aromatic heterocycles. The molecule has 2 nitrogen and oxygen atoms in total. The highest BCUT2D eigenvalue weighted by Crippen LogP contribution is 2.17. The fourth-order valence-corrected chi connectivity index (χ4v) is 1.40. The molecule has 2 heteroatoms. The van der Waals surface area contributed by atoms with Gasteiger partial charge in [-0.25, -0.2) is 0 Å². The van der Waals surface area contributed by atoms with Crippen LogP contribution in [0.1, 0.15) is 30.9 Å². The van der Waals surface area contributed by atoms with Crippen molar-refractivity contribution in [1.29, 1.82) is 0 Å². The zero-order valence-corrected chi connectivity index (χ0v) is 8.91. The molecule has 76 valence electrons. The van der Waals surface area contributed by atoms with Gasteiger partial charge in [-0.2, -0.15) is 0 Å². The molecule has 0 saturated heterocycles. The quantitative estimate of drug-likeness (QED) is 0.688. The van der Waals surface area contributed by atoms with Gasteiger partial charge in [0.2, 0.25) is 0 Å². The summed E-state index contributed by atoms with van der Waals surface area (Å²) in [5.74, 6) is -0.357. The molecule has 1 rings (SSSR count). The third-order valence-electron chi connectivity index (χ3n) is 2.41. The Morgan fingerprint density at radius 3 is 2.79 bits per heavy atom. The Labute approximate surface area is 84.9 Å². The second-order valence-electron chi connectivity index (χ2n) is 3.34. The predicted molar refractivity (Wildman–Crippen MR) is 56.3 cm³/mol. The Kier molecular flexibility index (Phi) is 3.69. The van der Waals surface area contributed by atoms with Gasteiger partial charge in [0.1, 0.15) is 0 Å². The number of hydrogen-bond acceptors (Lipinski definition) is 2. The van der Waals surface area contributed by atoms with E-state index in [0.717, 1.165) is 12.0 Å². The highest BCUT2D eigenvalue weighted by Gasteiger charge is 2.15. The smallest absolute Gasteiger partial charge is 0.312 e. The molecule has 0 aliphatic carbocycles. The monoisotopic (exact) mass is 192 g/mol. The summed E-state index contributed by atoms with van der Waals surface area (Å²) in [7, 11) is 1.42. The number of carbonyl (C=O) groups is 1. The number of esters is 1. The fourth-order valence-electron chi connectivity index (χ4n) is 1.40. The maximum Gasteiger partial charge on any atom is 0.312 e. The number of aryl methyl sites for hydroxylation is 1. The summed E-state index contributed by atoms with van der Waals surface area (Å²) < 4.78 is 4.70. The molecule has 0 aliphatic heterocycles. The molecule has 0 fully saturated rings. The molecule has 1 aromatic rings. The molecule has 0 N–H and O–H groups in total. The first-order chi connectivity index (χ1) is 6.69. The first kappa shape index (κ1) is 10.8. The average Bonchev–Trinajstić information content (AvgIpc) is 2.27. The number of ether oxygens (including phenoxy) is 1.